The van der Waals surface area contributed by atoms with Crippen molar-refractivity contribution >= 4 is 33.3 Å². The smallest absolute Gasteiger partial charge is 0.322 e. The van der Waals surface area contributed by atoms with E-state index in [1.54, 1.807) is 0 Å². The number of nitro groups is 1. The molecule has 1 aromatic carbocycles. The molecule has 0 saturated carbocycles. The molecule has 0 fully saturated rings. The van der Waals surface area contributed by atoms with Crippen molar-refractivity contribution < 1.29 is 14.8 Å². The normalized spacial score (nSPS) is 9.67. The molecule has 6 nitrogen and oxygen atoms in total. The van der Waals surface area contributed by atoms with Gasteiger partial charge < -0.3 is 10.4 Å². The van der Waals surface area contributed by atoms with E-state index in [1.165, 1.54) is 18.2 Å². The lowest BCUT2D eigenvalue weighted by molar-refractivity contribution is -0.384. The SMILES string of the molecule is O=C(O)CNc1cc(Br)ccc1[N+](=O)[O-]. The molecule has 0 unspecified atom stereocenters. The van der Waals surface area contributed by atoms with Crippen LogP contribution in [0.2, 0.25) is 0 Å². The first kappa shape index (κ1) is 11.4. The summed E-state index contributed by atoms with van der Waals surface area (Å²) in [4.78, 5) is 20.3. The summed E-state index contributed by atoms with van der Waals surface area (Å²) in [5, 5.41) is 21.5. The number of nitrogens with one attached hydrogen (secondary N) is 1. The number of carboxylic acid groups (broad SMARTS) is 1. The average molecular weight is 275 g/mol. The van der Waals surface area contributed by atoms with Crippen molar-refractivity contribution in [2.45, 2.75) is 0 Å². The summed E-state index contributed by atoms with van der Waals surface area (Å²) in [6.45, 7) is -0.364. The highest BCUT2D eigenvalue weighted by molar-refractivity contribution is 9.10. The predicted molar refractivity (Wildman–Crippen MR) is 56.9 cm³/mol. The number of hydrogen-bond acceptors (Lipinski definition) is 4. The van der Waals surface area contributed by atoms with Crippen molar-refractivity contribution in [2.75, 3.05) is 11.9 Å². The van der Waals surface area contributed by atoms with Gasteiger partial charge in [0.25, 0.3) is 5.69 Å². The van der Waals surface area contributed by atoms with E-state index in [4.69, 9.17) is 5.11 Å². The van der Waals surface area contributed by atoms with Gasteiger partial charge in [-0.05, 0) is 12.1 Å². The van der Waals surface area contributed by atoms with E-state index in [2.05, 4.69) is 21.2 Å². The third kappa shape index (κ3) is 3.21. The molecule has 0 saturated heterocycles. The Bertz CT molecular complexity index is 408. The third-order valence-electron chi connectivity index (χ3n) is 1.59. The topological polar surface area (TPSA) is 92.5 Å². The second-order valence-corrected chi connectivity index (χ2v) is 3.58. The van der Waals surface area contributed by atoms with Crippen LogP contribution in [-0.4, -0.2) is 22.5 Å². The highest BCUT2D eigenvalue weighted by atomic mass is 79.9. The second-order valence-electron chi connectivity index (χ2n) is 2.67. The number of nitrogens with zero attached hydrogens (tertiary/aromatic N) is 1. The Kier molecular flexibility index (Phi) is 3.62. The number of nitro benzene ring substituents is 1. The first-order valence-electron chi connectivity index (χ1n) is 3.90. The Hall–Kier alpha value is -1.63. The molecule has 0 amide bonds. The van der Waals surface area contributed by atoms with E-state index in [-0.39, 0.29) is 17.9 Å². The molecule has 0 heterocycles. The molecule has 0 bridgehead atoms. The van der Waals surface area contributed by atoms with Crippen LogP contribution in [0.5, 0.6) is 0 Å². The summed E-state index contributed by atoms with van der Waals surface area (Å²) in [6.07, 6.45) is 0. The number of carboxylic acids is 1. The van der Waals surface area contributed by atoms with Crippen molar-refractivity contribution in [3.05, 3.63) is 32.8 Å². The summed E-state index contributed by atoms with van der Waals surface area (Å²) in [7, 11) is 0. The zero-order valence-electron chi connectivity index (χ0n) is 7.44. The van der Waals surface area contributed by atoms with Gasteiger partial charge in [-0.1, -0.05) is 15.9 Å². The molecule has 0 radical (unpaired) electrons. The number of aliphatic carboxylic acids is 1. The lowest BCUT2D eigenvalue weighted by Crippen LogP contribution is -2.13. The standard InChI is InChI=1S/C8H7BrN2O4/c9-5-1-2-7(11(14)15)6(3-5)10-4-8(12)13/h1-3,10H,4H2,(H,12,13). The molecule has 1 aromatic rings. The van der Waals surface area contributed by atoms with Gasteiger partial charge in [0.15, 0.2) is 0 Å². The van der Waals surface area contributed by atoms with Gasteiger partial charge in [0.2, 0.25) is 0 Å². The molecule has 15 heavy (non-hydrogen) atoms. The molecular formula is C8H7BrN2O4. The van der Waals surface area contributed by atoms with Crippen LogP contribution < -0.4 is 5.32 Å². The average Bonchev–Trinajstić information content (AvgIpc) is 2.14. The van der Waals surface area contributed by atoms with Gasteiger partial charge >= 0.3 is 5.97 Å². The number of anilines is 1. The van der Waals surface area contributed by atoms with Gasteiger partial charge in [-0.25, -0.2) is 0 Å². The van der Waals surface area contributed by atoms with Crippen LogP contribution >= 0.6 is 15.9 Å². The van der Waals surface area contributed by atoms with Crippen LogP contribution in [0.1, 0.15) is 0 Å². The maximum absolute atomic E-state index is 10.6. The van der Waals surface area contributed by atoms with Crippen LogP contribution in [0, 0.1) is 10.1 Å². The van der Waals surface area contributed by atoms with Crippen LogP contribution in [0.4, 0.5) is 11.4 Å². The highest BCUT2D eigenvalue weighted by Crippen LogP contribution is 2.27. The van der Waals surface area contributed by atoms with Crippen molar-refractivity contribution in [1.82, 2.24) is 0 Å². The number of halogens is 1. The van der Waals surface area contributed by atoms with E-state index in [9.17, 15) is 14.9 Å². The molecular weight excluding hydrogens is 268 g/mol. The summed E-state index contributed by atoms with van der Waals surface area (Å²) < 4.78 is 0.640. The molecule has 0 aliphatic rings. The van der Waals surface area contributed by atoms with Crippen molar-refractivity contribution in [3.63, 3.8) is 0 Å². The molecule has 0 spiro atoms. The Labute approximate surface area is 93.2 Å². The van der Waals surface area contributed by atoms with Crippen LogP contribution in [-0.2, 0) is 4.79 Å². The van der Waals surface area contributed by atoms with Gasteiger partial charge in [-0.15, -0.1) is 0 Å². The summed E-state index contributed by atoms with van der Waals surface area (Å²) in [6, 6.07) is 4.28. The molecule has 80 valence electrons. The van der Waals surface area contributed by atoms with E-state index in [0.717, 1.165) is 0 Å². The highest BCUT2D eigenvalue weighted by Gasteiger charge is 2.13. The van der Waals surface area contributed by atoms with Crippen molar-refractivity contribution in [3.8, 4) is 0 Å². The first-order chi connectivity index (χ1) is 7.00. The number of benzene rings is 1. The van der Waals surface area contributed by atoms with Crippen LogP contribution in [0.3, 0.4) is 0 Å². The zero-order valence-corrected chi connectivity index (χ0v) is 9.02. The van der Waals surface area contributed by atoms with Crippen LogP contribution in [0.15, 0.2) is 22.7 Å². The number of hydrogen-bond donors (Lipinski definition) is 2. The van der Waals surface area contributed by atoms with Crippen molar-refractivity contribution in [2.24, 2.45) is 0 Å². The number of rotatable bonds is 4. The van der Waals surface area contributed by atoms with Gasteiger partial charge in [0.05, 0.1) is 4.92 Å². The fraction of sp³-hybridized carbons (Fsp3) is 0.125. The monoisotopic (exact) mass is 274 g/mol. The Morgan fingerprint density at radius 3 is 2.80 bits per heavy atom. The van der Waals surface area contributed by atoms with E-state index in [0.29, 0.717) is 4.47 Å². The molecule has 0 aliphatic heterocycles. The molecule has 7 heteroatoms. The van der Waals surface area contributed by atoms with Gasteiger partial charge in [-0.2, -0.15) is 0 Å². The maximum atomic E-state index is 10.6. The Balaban J connectivity index is 2.96. The van der Waals surface area contributed by atoms with Gasteiger partial charge in [0.1, 0.15) is 12.2 Å². The lowest BCUT2D eigenvalue weighted by atomic mass is 10.2. The van der Waals surface area contributed by atoms with E-state index >= 15 is 0 Å². The van der Waals surface area contributed by atoms with E-state index in [1.807, 2.05) is 0 Å². The molecule has 2 N–H and O–H groups in total. The quantitative estimate of drug-likeness (QED) is 0.646. The molecule has 1 rings (SSSR count). The fourth-order valence-corrected chi connectivity index (χ4v) is 1.34. The second kappa shape index (κ2) is 4.74. The summed E-state index contributed by atoms with van der Waals surface area (Å²) in [5.74, 6) is -1.08. The molecule has 0 aromatic heterocycles. The maximum Gasteiger partial charge on any atom is 0.322 e. The summed E-state index contributed by atoms with van der Waals surface area (Å²) >= 11 is 3.14. The zero-order chi connectivity index (χ0) is 11.4. The van der Waals surface area contributed by atoms with Crippen LogP contribution in [0.25, 0.3) is 0 Å². The predicted octanol–water partition coefficient (Wildman–Crippen LogP) is 1.85. The third-order valence-corrected chi connectivity index (χ3v) is 2.08. The minimum absolute atomic E-state index is 0.153. The largest absolute Gasteiger partial charge is 0.480 e. The molecule has 0 aliphatic carbocycles. The lowest BCUT2D eigenvalue weighted by Gasteiger charge is -2.04. The van der Waals surface area contributed by atoms with E-state index < -0.39 is 10.9 Å². The van der Waals surface area contributed by atoms with Crippen molar-refractivity contribution in [1.29, 1.82) is 0 Å². The van der Waals surface area contributed by atoms with Gasteiger partial charge in [-0.3, -0.25) is 14.9 Å². The Morgan fingerprint density at radius 1 is 1.60 bits per heavy atom. The molecule has 0 atom stereocenters. The first-order valence-corrected chi connectivity index (χ1v) is 4.69. The minimum Gasteiger partial charge on any atom is -0.480 e. The number of carbonyl (C=O) groups is 1. The summed E-state index contributed by atoms with van der Waals surface area (Å²) in [5.41, 5.74) is 0.0243. The minimum atomic E-state index is -1.08. The fourth-order valence-electron chi connectivity index (χ4n) is 0.980. The van der Waals surface area contributed by atoms with Gasteiger partial charge in [0, 0.05) is 10.5 Å². The Morgan fingerprint density at radius 2 is 2.27 bits per heavy atom.